The maximum absolute atomic E-state index is 12.4. The summed E-state index contributed by atoms with van der Waals surface area (Å²) in [5, 5.41) is 0. The summed E-state index contributed by atoms with van der Waals surface area (Å²) in [6.45, 7) is 13.3. The highest BCUT2D eigenvalue weighted by Gasteiger charge is 2.12. The van der Waals surface area contributed by atoms with Gasteiger partial charge in [0, 0.05) is 38.0 Å². The molecule has 102 heavy (non-hydrogen) atoms. The summed E-state index contributed by atoms with van der Waals surface area (Å²) in [7, 11) is 0. The molecule has 0 bridgehead atoms. The number of hydrogen-bond donors (Lipinski definition) is 0. The van der Waals surface area contributed by atoms with E-state index in [-0.39, 0.29) is 24.0 Å². The number of unbranched alkanes of at least 4 members (excludes halogenated alkanes) is 24. The number of hydrogen-bond acceptors (Lipinski definition) is 12. The Morgan fingerprint density at radius 1 is 0.265 bits per heavy atom. The Hall–Kier alpha value is -7.77. The fraction of sp³-hybridized carbons (Fsp3) is 0.500. The molecule has 554 valence electrons. The fourth-order valence-electron chi connectivity index (χ4n) is 11.6. The lowest BCUT2D eigenvalue weighted by atomic mass is 10.0. The highest BCUT2D eigenvalue weighted by Crippen LogP contribution is 2.27. The van der Waals surface area contributed by atoms with Gasteiger partial charge in [-0.3, -0.25) is 0 Å². The van der Waals surface area contributed by atoms with Gasteiger partial charge in [-0.05, 0) is 162 Å². The summed E-state index contributed by atoms with van der Waals surface area (Å²) in [4.78, 5) is 37.2. The molecule has 0 heterocycles. The molecule has 12 heteroatoms. The van der Waals surface area contributed by atoms with E-state index in [1.807, 2.05) is 91.0 Å². The van der Waals surface area contributed by atoms with Gasteiger partial charge in [-0.15, -0.1) is 0 Å². The third-order valence-electron chi connectivity index (χ3n) is 17.9. The molecule has 6 aromatic carbocycles. The van der Waals surface area contributed by atoms with Crippen molar-refractivity contribution in [3.63, 3.8) is 0 Å². The monoisotopic (exact) mass is 1390 g/mol. The number of rotatable bonds is 59. The fourth-order valence-corrected chi connectivity index (χ4v) is 11.6. The summed E-state index contributed by atoms with van der Waals surface area (Å²) in [5.41, 5.74) is 9.59. The molecule has 12 nitrogen and oxygen atoms in total. The molecule has 0 spiro atoms. The molecule has 0 saturated carbocycles. The van der Waals surface area contributed by atoms with E-state index in [9.17, 15) is 14.4 Å². The molecule has 0 aliphatic heterocycles. The Morgan fingerprint density at radius 2 is 0.490 bits per heavy atom. The molecule has 0 amide bonds. The SMILES string of the molecule is CCCCOc1ccc(-c2ccc(/C=C/C(=O)OCCCCCCCCCCOCC(COCCCCCCCCCCOC(=O)/C=C/c3ccc(-c4ccc(OCCCC)cc4)cc3)OCCCCCCCCCCOC(=O)/C=C/c3ccc(-c4ccc(OCCCC)cc4)cc3)cc2)cc1. The van der Waals surface area contributed by atoms with E-state index in [0.717, 1.165) is 235 Å². The zero-order chi connectivity index (χ0) is 71.8. The predicted molar refractivity (Wildman–Crippen MR) is 419 cm³/mol. The Balaban J connectivity index is 0.765. The highest BCUT2D eigenvalue weighted by molar-refractivity contribution is 5.88. The van der Waals surface area contributed by atoms with Crippen molar-refractivity contribution in [3.05, 3.63) is 181 Å². The van der Waals surface area contributed by atoms with Gasteiger partial charge in [0.2, 0.25) is 0 Å². The van der Waals surface area contributed by atoms with Crippen molar-refractivity contribution in [2.24, 2.45) is 0 Å². The molecule has 0 N–H and O–H groups in total. The smallest absolute Gasteiger partial charge is 0.330 e. The minimum Gasteiger partial charge on any atom is -0.494 e. The maximum Gasteiger partial charge on any atom is 0.330 e. The van der Waals surface area contributed by atoms with Crippen LogP contribution < -0.4 is 14.2 Å². The Morgan fingerprint density at radius 3 is 0.745 bits per heavy atom. The van der Waals surface area contributed by atoms with Gasteiger partial charge in [0.1, 0.15) is 23.4 Å². The van der Waals surface area contributed by atoms with Crippen molar-refractivity contribution >= 4 is 36.1 Å². The summed E-state index contributed by atoms with van der Waals surface area (Å²) in [6.07, 6.45) is 42.8. The topological polar surface area (TPSA) is 134 Å². The van der Waals surface area contributed by atoms with Gasteiger partial charge in [-0.1, -0.05) is 265 Å². The lowest BCUT2D eigenvalue weighted by molar-refractivity contribution is -0.138. The summed E-state index contributed by atoms with van der Waals surface area (Å²) < 4.78 is 52.6. The summed E-state index contributed by atoms with van der Waals surface area (Å²) in [5.74, 6) is 1.76. The van der Waals surface area contributed by atoms with Crippen molar-refractivity contribution in [2.45, 2.75) is 219 Å². The van der Waals surface area contributed by atoms with Crippen molar-refractivity contribution < 1.29 is 57.0 Å². The van der Waals surface area contributed by atoms with Crippen LogP contribution in [0.25, 0.3) is 51.6 Å². The Labute approximate surface area is 613 Å². The molecule has 0 aromatic heterocycles. The zero-order valence-corrected chi connectivity index (χ0v) is 62.3. The van der Waals surface area contributed by atoms with E-state index in [4.69, 9.17) is 42.6 Å². The van der Waals surface area contributed by atoms with Gasteiger partial charge in [-0.25, -0.2) is 14.4 Å². The van der Waals surface area contributed by atoms with Gasteiger partial charge in [-0.2, -0.15) is 0 Å². The second kappa shape index (κ2) is 54.9. The van der Waals surface area contributed by atoms with Gasteiger partial charge in [0.25, 0.3) is 0 Å². The number of ether oxygens (including phenoxy) is 9. The molecule has 0 radical (unpaired) electrons. The lowest BCUT2D eigenvalue weighted by Crippen LogP contribution is -2.26. The third-order valence-corrected chi connectivity index (χ3v) is 17.9. The van der Waals surface area contributed by atoms with Crippen LogP contribution >= 0.6 is 0 Å². The van der Waals surface area contributed by atoms with Crippen LogP contribution in [0, 0.1) is 0 Å². The van der Waals surface area contributed by atoms with E-state index >= 15 is 0 Å². The van der Waals surface area contributed by atoms with Crippen LogP contribution in [0.15, 0.2) is 164 Å². The van der Waals surface area contributed by atoms with Gasteiger partial charge >= 0.3 is 17.9 Å². The second-order valence-corrected chi connectivity index (χ2v) is 26.7. The number of carbonyl (C=O) groups excluding carboxylic acids is 3. The predicted octanol–water partition coefficient (Wildman–Crippen LogP) is 23.1. The van der Waals surface area contributed by atoms with E-state index in [0.29, 0.717) is 39.6 Å². The normalized spacial score (nSPS) is 11.5. The van der Waals surface area contributed by atoms with E-state index < -0.39 is 0 Å². The average molecular weight is 1400 g/mol. The summed E-state index contributed by atoms with van der Waals surface area (Å²) in [6, 6.07) is 49.1. The standard InChI is InChI=1S/C90H122O12/c1-4-7-66-96-84-55-49-81(50-56-84)78-43-34-75(35-44-78)40-61-88(91)100-70-31-25-19-12-10-16-22-28-64-94-73-87(99-69-30-24-18-14-15-21-27-33-72-102-90(93)63-42-77-38-47-80(48-39-77)83-53-59-86(60-54-83)98-68-9-6-3)74-95-65-29-23-17-11-13-20-26-32-71-101-89(92)62-41-76-36-45-79(46-37-76)82-51-57-85(58-52-82)97-67-8-5-2/h34-63,87H,4-33,64-74H2,1-3H3/b61-40+,62-41+,63-42+. The number of benzene rings is 6. The van der Waals surface area contributed by atoms with Crippen molar-refractivity contribution in [3.8, 4) is 50.6 Å². The van der Waals surface area contributed by atoms with E-state index in [1.54, 1.807) is 0 Å². The van der Waals surface area contributed by atoms with Crippen LogP contribution in [0.3, 0.4) is 0 Å². The molecular weight excluding hydrogens is 1270 g/mol. The minimum absolute atomic E-state index is 0.0803. The number of carbonyl (C=O) groups is 3. The highest BCUT2D eigenvalue weighted by atomic mass is 16.6. The molecule has 0 aliphatic carbocycles. The first-order valence-electron chi connectivity index (χ1n) is 39.1. The van der Waals surface area contributed by atoms with Gasteiger partial charge in [0.15, 0.2) is 0 Å². The van der Waals surface area contributed by atoms with Crippen LogP contribution in [0.5, 0.6) is 17.2 Å². The molecular formula is C90H122O12. The molecule has 6 rings (SSSR count). The van der Waals surface area contributed by atoms with Crippen LogP contribution in [-0.2, 0) is 42.8 Å². The third kappa shape index (κ3) is 38.5. The molecule has 0 aliphatic rings. The van der Waals surface area contributed by atoms with Crippen LogP contribution in [0.4, 0.5) is 0 Å². The van der Waals surface area contributed by atoms with Gasteiger partial charge < -0.3 is 42.6 Å². The molecule has 6 aromatic rings. The summed E-state index contributed by atoms with van der Waals surface area (Å²) >= 11 is 0. The minimum atomic E-state index is -0.305. The molecule has 0 atom stereocenters. The van der Waals surface area contributed by atoms with Crippen LogP contribution in [0.2, 0.25) is 0 Å². The van der Waals surface area contributed by atoms with Crippen molar-refractivity contribution in [2.75, 3.05) is 72.7 Å². The quantitative estimate of drug-likeness (QED) is 0.0156. The van der Waals surface area contributed by atoms with Crippen LogP contribution in [-0.4, -0.2) is 96.7 Å². The Bertz CT molecular complexity index is 3040. The largest absolute Gasteiger partial charge is 0.494 e. The second-order valence-electron chi connectivity index (χ2n) is 26.7. The van der Waals surface area contributed by atoms with Crippen molar-refractivity contribution in [1.82, 2.24) is 0 Å². The Kier molecular flexibility index (Phi) is 44.7. The molecule has 0 unspecified atom stereocenters. The van der Waals surface area contributed by atoms with Crippen LogP contribution in [0.1, 0.15) is 230 Å². The lowest BCUT2D eigenvalue weighted by Gasteiger charge is -2.18. The number of esters is 3. The molecule has 0 fully saturated rings. The molecule has 0 saturated heterocycles. The van der Waals surface area contributed by atoms with Crippen molar-refractivity contribution in [1.29, 1.82) is 0 Å². The van der Waals surface area contributed by atoms with E-state index in [1.165, 1.54) is 76.0 Å². The first kappa shape index (κ1) is 83.2. The van der Waals surface area contributed by atoms with E-state index in [2.05, 4.69) is 93.6 Å². The zero-order valence-electron chi connectivity index (χ0n) is 62.3. The maximum atomic E-state index is 12.4. The first-order chi connectivity index (χ1) is 50.3. The van der Waals surface area contributed by atoms with Gasteiger partial charge in [0.05, 0.1) is 52.9 Å². The first-order valence-corrected chi connectivity index (χ1v) is 39.1. The average Bonchev–Trinajstić information content (AvgIpc) is 0.870.